The molecule has 1 unspecified atom stereocenters. The van der Waals surface area contributed by atoms with Crippen LogP contribution in [-0.2, 0) is 0 Å². The summed E-state index contributed by atoms with van der Waals surface area (Å²) < 4.78 is 5.06. The molecule has 0 fully saturated rings. The normalized spacial score (nSPS) is 12.7. The number of nitrogens with one attached hydrogen (secondary N) is 1. The monoisotopic (exact) mass is 265 g/mol. The second-order valence-corrected chi connectivity index (χ2v) is 3.99. The summed E-state index contributed by atoms with van der Waals surface area (Å²) in [6, 6.07) is 5.03. The van der Waals surface area contributed by atoms with Gasteiger partial charge in [-0.1, -0.05) is 24.4 Å². The summed E-state index contributed by atoms with van der Waals surface area (Å²) in [6.45, 7) is 1.95. The predicted octanol–water partition coefficient (Wildman–Crippen LogP) is 2.49. The first-order valence-electron chi connectivity index (χ1n) is 5.50. The van der Waals surface area contributed by atoms with Crippen LogP contribution in [0, 0.1) is 12.3 Å². The first-order chi connectivity index (χ1) is 8.60. The van der Waals surface area contributed by atoms with Crippen LogP contribution in [0.5, 0.6) is 5.75 Å². The van der Waals surface area contributed by atoms with Crippen molar-refractivity contribution in [2.24, 2.45) is 10.7 Å². The fourth-order valence-electron chi connectivity index (χ4n) is 1.34. The molecular formula is C13H16ClN3O. The molecule has 0 aliphatic heterocycles. The van der Waals surface area contributed by atoms with Gasteiger partial charge in [0.25, 0.3) is 0 Å². The van der Waals surface area contributed by atoms with Gasteiger partial charge in [-0.25, -0.2) is 4.99 Å². The number of benzene rings is 1. The van der Waals surface area contributed by atoms with Crippen LogP contribution in [0.15, 0.2) is 23.2 Å². The molecule has 0 saturated heterocycles. The van der Waals surface area contributed by atoms with E-state index in [1.807, 2.05) is 6.92 Å². The first-order valence-corrected chi connectivity index (χ1v) is 5.88. The maximum atomic E-state index is 6.00. The van der Waals surface area contributed by atoms with E-state index in [-0.39, 0.29) is 12.0 Å². The fraction of sp³-hybridized carbons (Fsp3) is 0.308. The van der Waals surface area contributed by atoms with E-state index in [1.54, 1.807) is 25.3 Å². The summed E-state index contributed by atoms with van der Waals surface area (Å²) in [5, 5.41) is 3.42. The lowest BCUT2D eigenvalue weighted by Gasteiger charge is -2.09. The van der Waals surface area contributed by atoms with Crippen molar-refractivity contribution in [1.82, 2.24) is 0 Å². The highest BCUT2D eigenvalue weighted by Crippen LogP contribution is 2.26. The Morgan fingerprint density at radius 3 is 2.89 bits per heavy atom. The number of hydrogen-bond acceptors (Lipinski definition) is 2. The first kappa shape index (κ1) is 14.2. The zero-order valence-electron chi connectivity index (χ0n) is 10.4. The van der Waals surface area contributed by atoms with Crippen LogP contribution in [0.2, 0.25) is 5.02 Å². The minimum absolute atomic E-state index is 0.216. The molecule has 3 N–H and O–H groups in total. The van der Waals surface area contributed by atoms with Gasteiger partial charge in [0.15, 0.2) is 5.96 Å². The molecule has 5 heteroatoms. The Morgan fingerprint density at radius 1 is 1.67 bits per heavy atom. The van der Waals surface area contributed by atoms with Gasteiger partial charge in [0.1, 0.15) is 11.8 Å². The van der Waals surface area contributed by atoms with Gasteiger partial charge in [-0.3, -0.25) is 0 Å². The molecule has 96 valence electrons. The van der Waals surface area contributed by atoms with Gasteiger partial charge >= 0.3 is 0 Å². The highest BCUT2D eigenvalue weighted by Gasteiger charge is 2.04. The quantitative estimate of drug-likeness (QED) is 0.500. The van der Waals surface area contributed by atoms with Crippen molar-refractivity contribution >= 4 is 23.2 Å². The topological polar surface area (TPSA) is 59.6 Å². The molecule has 0 amide bonds. The van der Waals surface area contributed by atoms with E-state index >= 15 is 0 Å². The van der Waals surface area contributed by atoms with Crippen molar-refractivity contribution in [1.29, 1.82) is 0 Å². The van der Waals surface area contributed by atoms with Crippen LogP contribution >= 0.6 is 11.6 Å². The Bertz CT molecular complexity index is 480. The summed E-state index contributed by atoms with van der Waals surface area (Å²) in [5.74, 6) is 3.41. The number of nitrogens with two attached hydrogens (primary N) is 1. The number of ether oxygens (including phenoxy) is 1. The Labute approximate surface area is 112 Å². The summed E-state index contributed by atoms with van der Waals surface area (Å²) in [7, 11) is 1.56. The number of guanidine groups is 1. The lowest BCUT2D eigenvalue weighted by Crippen LogP contribution is -2.24. The van der Waals surface area contributed by atoms with E-state index in [2.05, 4.69) is 16.2 Å². The van der Waals surface area contributed by atoms with Gasteiger partial charge in [0.05, 0.1) is 12.1 Å². The molecule has 0 saturated carbocycles. The summed E-state index contributed by atoms with van der Waals surface area (Å²) >= 11 is 6.00. The second-order valence-electron chi connectivity index (χ2n) is 3.58. The summed E-state index contributed by atoms with van der Waals surface area (Å²) in [5.41, 5.74) is 6.48. The number of nitrogens with zero attached hydrogens (tertiary/aromatic N) is 1. The third-order valence-electron chi connectivity index (χ3n) is 2.30. The number of halogens is 1. The molecule has 0 bridgehead atoms. The van der Waals surface area contributed by atoms with E-state index in [9.17, 15) is 0 Å². The molecule has 0 aliphatic carbocycles. The third kappa shape index (κ3) is 3.86. The molecule has 1 atom stereocenters. The molecule has 0 aliphatic rings. The van der Waals surface area contributed by atoms with Gasteiger partial charge in [0.2, 0.25) is 0 Å². The van der Waals surface area contributed by atoms with Crippen LogP contribution in [0.1, 0.15) is 13.3 Å². The van der Waals surface area contributed by atoms with E-state index in [4.69, 9.17) is 28.5 Å². The largest absolute Gasteiger partial charge is 0.495 e. The average molecular weight is 266 g/mol. The number of anilines is 1. The zero-order valence-corrected chi connectivity index (χ0v) is 11.2. The lowest BCUT2D eigenvalue weighted by atomic mass is 10.2. The van der Waals surface area contributed by atoms with Gasteiger partial charge in [-0.2, -0.15) is 0 Å². The van der Waals surface area contributed by atoms with Crippen molar-refractivity contribution in [2.75, 3.05) is 12.4 Å². The number of rotatable bonds is 4. The highest BCUT2D eigenvalue weighted by molar-refractivity contribution is 6.32. The van der Waals surface area contributed by atoms with Gasteiger partial charge in [-0.05, 0) is 24.6 Å². The summed E-state index contributed by atoms with van der Waals surface area (Å²) in [4.78, 5) is 4.15. The number of aliphatic imine (C=N–C) groups is 1. The number of methoxy groups -OCH3 is 1. The average Bonchev–Trinajstić information content (AvgIpc) is 2.36. The van der Waals surface area contributed by atoms with Gasteiger partial charge < -0.3 is 15.8 Å². The fourth-order valence-corrected chi connectivity index (χ4v) is 1.60. The molecule has 1 aromatic carbocycles. The Morgan fingerprint density at radius 2 is 2.39 bits per heavy atom. The van der Waals surface area contributed by atoms with E-state index in [0.717, 1.165) is 12.1 Å². The maximum absolute atomic E-state index is 6.00. The minimum Gasteiger partial charge on any atom is -0.495 e. The van der Waals surface area contributed by atoms with Crippen molar-refractivity contribution in [3.05, 3.63) is 23.2 Å². The number of terminal acetylenes is 1. The third-order valence-corrected chi connectivity index (χ3v) is 2.59. The molecule has 0 aromatic heterocycles. The van der Waals surface area contributed by atoms with Crippen LogP contribution in [0.3, 0.4) is 0 Å². The molecule has 0 spiro atoms. The van der Waals surface area contributed by atoms with Crippen LogP contribution in [-0.4, -0.2) is 19.1 Å². The van der Waals surface area contributed by atoms with E-state index < -0.39 is 0 Å². The maximum Gasteiger partial charge on any atom is 0.194 e. The molecule has 4 nitrogen and oxygen atoms in total. The second kappa shape index (κ2) is 6.77. The summed E-state index contributed by atoms with van der Waals surface area (Å²) in [6.07, 6.45) is 6.05. The van der Waals surface area contributed by atoms with Crippen molar-refractivity contribution in [3.8, 4) is 18.1 Å². The molecule has 18 heavy (non-hydrogen) atoms. The van der Waals surface area contributed by atoms with Crippen molar-refractivity contribution in [3.63, 3.8) is 0 Å². The molecule has 1 aromatic rings. The predicted molar refractivity (Wildman–Crippen MR) is 76.2 cm³/mol. The number of hydrogen-bond donors (Lipinski definition) is 2. The Kier molecular flexibility index (Phi) is 5.34. The van der Waals surface area contributed by atoms with Crippen molar-refractivity contribution < 1.29 is 4.74 Å². The van der Waals surface area contributed by atoms with Crippen LogP contribution in [0.25, 0.3) is 0 Å². The van der Waals surface area contributed by atoms with Gasteiger partial charge in [0, 0.05) is 5.69 Å². The molecule has 0 radical (unpaired) electrons. The standard InChI is InChI=1S/C13H16ClN3O/c1-4-9(5-2)16-13(15)17-10-6-7-12(18-3)11(14)8-10/h1,6-9H,5H2,2-3H3,(H3,15,16,17). The molecule has 1 rings (SSSR count). The SMILES string of the molecule is C#CC(CC)N=C(N)Nc1ccc(OC)c(Cl)c1. The van der Waals surface area contributed by atoms with E-state index in [0.29, 0.717) is 10.8 Å². The highest BCUT2D eigenvalue weighted by atomic mass is 35.5. The lowest BCUT2D eigenvalue weighted by molar-refractivity contribution is 0.415. The zero-order chi connectivity index (χ0) is 13.5. The molecular weight excluding hydrogens is 250 g/mol. The van der Waals surface area contributed by atoms with Crippen molar-refractivity contribution in [2.45, 2.75) is 19.4 Å². The Balaban J connectivity index is 2.79. The van der Waals surface area contributed by atoms with Crippen LogP contribution in [0.4, 0.5) is 5.69 Å². The smallest absolute Gasteiger partial charge is 0.194 e. The van der Waals surface area contributed by atoms with E-state index in [1.165, 1.54) is 0 Å². The minimum atomic E-state index is -0.216. The van der Waals surface area contributed by atoms with Gasteiger partial charge in [-0.15, -0.1) is 6.42 Å². The van der Waals surface area contributed by atoms with Crippen LogP contribution < -0.4 is 15.8 Å². The Hall–Kier alpha value is -1.86. The molecule has 0 heterocycles.